The largest absolute Gasteiger partial charge is 0.392 e. The van der Waals surface area contributed by atoms with E-state index in [9.17, 15) is 5.11 Å². The molecule has 0 saturated carbocycles. The van der Waals surface area contributed by atoms with Gasteiger partial charge in [0.15, 0.2) is 0 Å². The van der Waals surface area contributed by atoms with Crippen molar-refractivity contribution in [3.05, 3.63) is 12.7 Å². The Morgan fingerprint density at radius 2 is 2.42 bits per heavy atom. The minimum Gasteiger partial charge on any atom is -0.392 e. The van der Waals surface area contributed by atoms with Crippen LogP contribution in [0, 0.1) is 5.92 Å². The van der Waals surface area contributed by atoms with E-state index in [4.69, 9.17) is 16.3 Å². The smallest absolute Gasteiger partial charge is 0.0753 e. The molecule has 2 nitrogen and oxygen atoms in total. The molecule has 3 unspecified atom stereocenters. The van der Waals surface area contributed by atoms with Crippen molar-refractivity contribution in [1.29, 1.82) is 0 Å². The van der Waals surface area contributed by atoms with Gasteiger partial charge in [0.25, 0.3) is 0 Å². The molecular formula is C9H15ClO2. The average Bonchev–Trinajstić information content (AvgIpc) is 2.17. The Bertz CT molecular complexity index is 141. The molecule has 1 aliphatic rings. The van der Waals surface area contributed by atoms with E-state index >= 15 is 0 Å². The third-order valence-corrected chi connectivity index (χ3v) is 2.63. The van der Waals surface area contributed by atoms with Crippen LogP contribution in [0.3, 0.4) is 0 Å². The topological polar surface area (TPSA) is 29.5 Å². The van der Waals surface area contributed by atoms with Gasteiger partial charge in [0.1, 0.15) is 0 Å². The van der Waals surface area contributed by atoms with Gasteiger partial charge in [0.05, 0.1) is 18.8 Å². The van der Waals surface area contributed by atoms with E-state index in [1.54, 1.807) is 0 Å². The van der Waals surface area contributed by atoms with Gasteiger partial charge in [0.2, 0.25) is 0 Å². The van der Waals surface area contributed by atoms with Crippen LogP contribution in [0.15, 0.2) is 12.7 Å². The number of halogens is 1. The summed E-state index contributed by atoms with van der Waals surface area (Å²) in [5.41, 5.74) is 0. The SMILES string of the molecule is C=CC1CCC(C(O)CCl)CO1. The molecule has 0 aromatic heterocycles. The van der Waals surface area contributed by atoms with E-state index in [1.165, 1.54) is 0 Å². The Kier molecular flexibility index (Phi) is 4.06. The molecule has 0 amide bonds. The highest BCUT2D eigenvalue weighted by Crippen LogP contribution is 2.22. The Balaban J connectivity index is 2.30. The van der Waals surface area contributed by atoms with E-state index in [1.807, 2.05) is 6.08 Å². The predicted molar refractivity (Wildman–Crippen MR) is 49.4 cm³/mol. The summed E-state index contributed by atoms with van der Waals surface area (Å²) in [4.78, 5) is 0. The molecule has 0 aliphatic carbocycles. The second-order valence-corrected chi connectivity index (χ2v) is 3.48. The Hall–Kier alpha value is -0.0500. The van der Waals surface area contributed by atoms with Crippen molar-refractivity contribution in [2.45, 2.75) is 25.0 Å². The Labute approximate surface area is 78.2 Å². The first-order chi connectivity index (χ1) is 5.77. The van der Waals surface area contributed by atoms with E-state index in [-0.39, 0.29) is 12.0 Å². The second kappa shape index (κ2) is 4.85. The molecule has 1 saturated heterocycles. The van der Waals surface area contributed by atoms with Crippen LogP contribution >= 0.6 is 11.6 Å². The minimum atomic E-state index is -0.419. The van der Waals surface area contributed by atoms with Crippen LogP contribution in [0.25, 0.3) is 0 Å². The first kappa shape index (κ1) is 10.0. The summed E-state index contributed by atoms with van der Waals surface area (Å²) < 4.78 is 5.43. The van der Waals surface area contributed by atoms with Gasteiger partial charge in [-0.3, -0.25) is 0 Å². The number of hydrogen-bond acceptors (Lipinski definition) is 2. The molecule has 0 spiro atoms. The van der Waals surface area contributed by atoms with Crippen molar-refractivity contribution in [1.82, 2.24) is 0 Å². The third-order valence-electron chi connectivity index (χ3n) is 2.31. The molecule has 12 heavy (non-hydrogen) atoms. The van der Waals surface area contributed by atoms with Gasteiger partial charge in [-0.1, -0.05) is 6.08 Å². The van der Waals surface area contributed by atoms with E-state index in [0.29, 0.717) is 12.5 Å². The van der Waals surface area contributed by atoms with E-state index < -0.39 is 6.10 Å². The normalized spacial score (nSPS) is 32.8. The molecule has 1 fully saturated rings. The molecule has 0 aromatic carbocycles. The van der Waals surface area contributed by atoms with Crippen LogP contribution in [-0.2, 0) is 4.74 Å². The summed E-state index contributed by atoms with van der Waals surface area (Å²) in [6.45, 7) is 4.26. The van der Waals surface area contributed by atoms with Crippen molar-refractivity contribution in [2.75, 3.05) is 12.5 Å². The maximum atomic E-state index is 9.40. The zero-order chi connectivity index (χ0) is 8.97. The molecule has 3 heteroatoms. The lowest BCUT2D eigenvalue weighted by Crippen LogP contribution is -2.33. The summed E-state index contributed by atoms with van der Waals surface area (Å²) >= 11 is 5.53. The lowest BCUT2D eigenvalue weighted by Gasteiger charge is -2.29. The van der Waals surface area contributed by atoms with Crippen molar-refractivity contribution in [2.24, 2.45) is 5.92 Å². The summed E-state index contributed by atoms with van der Waals surface area (Å²) in [6, 6.07) is 0. The predicted octanol–water partition coefficient (Wildman–Crippen LogP) is 1.57. The zero-order valence-electron chi connectivity index (χ0n) is 7.08. The standard InChI is InChI=1S/C9H15ClO2/c1-2-8-4-3-7(6-12-8)9(11)5-10/h2,7-9,11H,1,3-6H2. The number of aliphatic hydroxyl groups excluding tert-OH is 1. The molecular weight excluding hydrogens is 176 g/mol. The van der Waals surface area contributed by atoms with E-state index in [2.05, 4.69) is 6.58 Å². The van der Waals surface area contributed by atoms with Crippen molar-refractivity contribution in [3.63, 3.8) is 0 Å². The van der Waals surface area contributed by atoms with Crippen LogP contribution in [0.4, 0.5) is 0 Å². The minimum absolute atomic E-state index is 0.170. The number of ether oxygens (including phenoxy) is 1. The van der Waals surface area contributed by atoms with E-state index in [0.717, 1.165) is 12.8 Å². The zero-order valence-corrected chi connectivity index (χ0v) is 7.83. The molecule has 70 valence electrons. The fraction of sp³-hybridized carbons (Fsp3) is 0.778. The lowest BCUT2D eigenvalue weighted by atomic mass is 9.94. The summed E-state index contributed by atoms with van der Waals surface area (Å²) in [5.74, 6) is 0.506. The average molecular weight is 191 g/mol. The van der Waals surface area contributed by atoms with Gasteiger partial charge < -0.3 is 9.84 Å². The third kappa shape index (κ3) is 2.47. The first-order valence-corrected chi connectivity index (χ1v) is 4.79. The van der Waals surface area contributed by atoms with Crippen LogP contribution in [0.1, 0.15) is 12.8 Å². The monoisotopic (exact) mass is 190 g/mol. The van der Waals surface area contributed by atoms with Crippen LogP contribution in [-0.4, -0.2) is 29.8 Å². The lowest BCUT2D eigenvalue weighted by molar-refractivity contribution is -0.0298. The molecule has 0 aromatic rings. The van der Waals surface area contributed by atoms with Gasteiger partial charge >= 0.3 is 0 Å². The molecule has 1 heterocycles. The summed E-state index contributed by atoms with van der Waals surface area (Å²) in [5, 5.41) is 9.40. The highest BCUT2D eigenvalue weighted by Gasteiger charge is 2.24. The van der Waals surface area contributed by atoms with Gasteiger partial charge in [0, 0.05) is 11.8 Å². The highest BCUT2D eigenvalue weighted by molar-refractivity contribution is 6.18. The summed E-state index contributed by atoms with van der Waals surface area (Å²) in [6.07, 6.45) is 3.48. The quantitative estimate of drug-likeness (QED) is 0.541. The number of alkyl halides is 1. The second-order valence-electron chi connectivity index (χ2n) is 3.17. The molecule has 0 radical (unpaired) electrons. The summed E-state index contributed by atoms with van der Waals surface area (Å²) in [7, 11) is 0. The van der Waals surface area contributed by atoms with Gasteiger partial charge in [-0.15, -0.1) is 18.2 Å². The first-order valence-electron chi connectivity index (χ1n) is 4.26. The van der Waals surface area contributed by atoms with Gasteiger partial charge in [-0.25, -0.2) is 0 Å². The number of aliphatic hydroxyl groups is 1. The van der Waals surface area contributed by atoms with Crippen molar-refractivity contribution < 1.29 is 9.84 Å². The molecule has 1 N–H and O–H groups in total. The molecule has 1 aliphatic heterocycles. The highest BCUT2D eigenvalue weighted by atomic mass is 35.5. The maximum Gasteiger partial charge on any atom is 0.0753 e. The van der Waals surface area contributed by atoms with Crippen molar-refractivity contribution in [3.8, 4) is 0 Å². The van der Waals surface area contributed by atoms with Crippen LogP contribution < -0.4 is 0 Å². The number of hydrogen-bond donors (Lipinski definition) is 1. The van der Waals surface area contributed by atoms with Gasteiger partial charge in [-0.2, -0.15) is 0 Å². The molecule has 1 rings (SSSR count). The van der Waals surface area contributed by atoms with Gasteiger partial charge in [-0.05, 0) is 12.8 Å². The van der Waals surface area contributed by atoms with Crippen molar-refractivity contribution >= 4 is 11.6 Å². The Morgan fingerprint density at radius 3 is 2.83 bits per heavy atom. The van der Waals surface area contributed by atoms with Crippen LogP contribution in [0.5, 0.6) is 0 Å². The fourth-order valence-electron chi connectivity index (χ4n) is 1.41. The maximum absolute atomic E-state index is 9.40. The fourth-order valence-corrected chi connectivity index (χ4v) is 1.66. The molecule has 0 bridgehead atoms. The number of rotatable bonds is 3. The Morgan fingerprint density at radius 1 is 1.67 bits per heavy atom. The van der Waals surface area contributed by atoms with Crippen LogP contribution in [0.2, 0.25) is 0 Å². The molecule has 3 atom stereocenters.